The highest BCUT2D eigenvalue weighted by atomic mass is 16.5. The fraction of sp³-hybridized carbons (Fsp3) is 0.250. The van der Waals surface area contributed by atoms with Crippen LogP contribution in [0.5, 0.6) is 17.2 Å². The summed E-state index contributed by atoms with van der Waals surface area (Å²) >= 11 is 0. The van der Waals surface area contributed by atoms with Crippen LogP contribution in [0.15, 0.2) is 33.5 Å². The summed E-state index contributed by atoms with van der Waals surface area (Å²) in [5, 5.41) is 29.0. The number of benzene rings is 1. The summed E-state index contributed by atoms with van der Waals surface area (Å²) in [6, 6.07) is 5.51. The number of hydrogen-bond donors (Lipinski definition) is 3. The van der Waals surface area contributed by atoms with Gasteiger partial charge in [0, 0.05) is 12.0 Å². The average Bonchev–Trinajstić information content (AvgIpc) is 2.44. The molecule has 0 unspecified atom stereocenters. The topological polar surface area (TPSA) is 117 Å². The first-order chi connectivity index (χ1) is 10.8. The van der Waals surface area contributed by atoms with Crippen LogP contribution in [0.1, 0.15) is 29.2 Å². The number of methoxy groups -OCH3 is 1. The Labute approximate surface area is 131 Å². The zero-order chi connectivity index (χ0) is 17.1. The fourth-order valence-electron chi connectivity index (χ4n) is 2.41. The Bertz CT molecular complexity index is 792. The van der Waals surface area contributed by atoms with Crippen molar-refractivity contribution in [2.75, 3.05) is 7.11 Å². The predicted molar refractivity (Wildman–Crippen MR) is 80.1 cm³/mol. The van der Waals surface area contributed by atoms with Gasteiger partial charge in [-0.1, -0.05) is 6.07 Å². The molecule has 1 atom stereocenters. The average molecular weight is 320 g/mol. The highest BCUT2D eigenvalue weighted by Gasteiger charge is 2.26. The largest absolute Gasteiger partial charge is 0.507 e. The molecule has 0 aliphatic carbocycles. The SMILES string of the molecule is COc1ccc([C@H](CC(=O)O)c2c(O)cc(C)oc2=O)cc1O. The molecule has 3 N–H and O–H groups in total. The smallest absolute Gasteiger partial charge is 0.343 e. The predicted octanol–water partition coefficient (Wildman–Crippen LogP) is 1.97. The summed E-state index contributed by atoms with van der Waals surface area (Å²) in [5.41, 5.74) is -0.635. The van der Waals surface area contributed by atoms with E-state index in [9.17, 15) is 19.8 Å². The van der Waals surface area contributed by atoms with Crippen molar-refractivity contribution in [2.24, 2.45) is 0 Å². The second kappa shape index (κ2) is 6.43. The molecule has 122 valence electrons. The maximum absolute atomic E-state index is 12.1. The Kier molecular flexibility index (Phi) is 4.59. The molecule has 7 heteroatoms. The van der Waals surface area contributed by atoms with Crippen LogP contribution < -0.4 is 10.4 Å². The summed E-state index contributed by atoms with van der Waals surface area (Å²) in [6.07, 6.45) is -0.451. The van der Waals surface area contributed by atoms with Gasteiger partial charge in [-0.2, -0.15) is 0 Å². The highest BCUT2D eigenvalue weighted by molar-refractivity contribution is 5.69. The number of ether oxygens (including phenoxy) is 1. The third kappa shape index (κ3) is 3.45. The van der Waals surface area contributed by atoms with Crippen LogP contribution in [0.25, 0.3) is 0 Å². The standard InChI is InChI=1S/C16H16O7/c1-8-5-12(18)15(16(21)23-8)10(7-14(19)20)9-3-4-13(22-2)11(17)6-9/h3-6,10,17-18H,7H2,1-2H3,(H,19,20)/t10-/m0/s1. The number of rotatable bonds is 5. The molecular weight excluding hydrogens is 304 g/mol. The van der Waals surface area contributed by atoms with Crippen molar-refractivity contribution < 1.29 is 29.3 Å². The van der Waals surface area contributed by atoms with Gasteiger partial charge in [-0.25, -0.2) is 4.79 Å². The molecular formula is C16H16O7. The molecule has 0 bridgehead atoms. The lowest BCUT2D eigenvalue weighted by Crippen LogP contribution is -2.17. The number of carboxylic acids is 1. The number of aryl methyl sites for hydroxylation is 1. The van der Waals surface area contributed by atoms with Crippen molar-refractivity contribution >= 4 is 5.97 Å². The summed E-state index contributed by atoms with van der Waals surface area (Å²) in [7, 11) is 1.38. The second-order valence-electron chi connectivity index (χ2n) is 5.03. The lowest BCUT2D eigenvalue weighted by atomic mass is 9.88. The van der Waals surface area contributed by atoms with Gasteiger partial charge < -0.3 is 24.5 Å². The van der Waals surface area contributed by atoms with Crippen LogP contribution >= 0.6 is 0 Å². The van der Waals surface area contributed by atoms with E-state index in [4.69, 9.17) is 14.3 Å². The Morgan fingerprint density at radius 3 is 2.48 bits per heavy atom. The Hall–Kier alpha value is -2.96. The van der Waals surface area contributed by atoms with E-state index in [0.29, 0.717) is 5.56 Å². The highest BCUT2D eigenvalue weighted by Crippen LogP contribution is 2.36. The van der Waals surface area contributed by atoms with Gasteiger partial charge in [0.1, 0.15) is 11.5 Å². The van der Waals surface area contributed by atoms with E-state index >= 15 is 0 Å². The molecule has 0 spiro atoms. The van der Waals surface area contributed by atoms with Crippen LogP contribution in [-0.2, 0) is 4.79 Å². The minimum absolute atomic E-state index is 0.164. The Morgan fingerprint density at radius 2 is 1.96 bits per heavy atom. The molecule has 2 rings (SSSR count). The zero-order valence-corrected chi connectivity index (χ0v) is 12.6. The Balaban J connectivity index is 2.61. The first kappa shape index (κ1) is 16.4. The molecule has 0 aliphatic rings. The van der Waals surface area contributed by atoms with Crippen LogP contribution in [-0.4, -0.2) is 28.4 Å². The number of aromatic hydroxyl groups is 2. The summed E-state index contributed by atoms with van der Waals surface area (Å²) < 4.78 is 9.89. The van der Waals surface area contributed by atoms with Gasteiger partial charge in [0.2, 0.25) is 0 Å². The maximum atomic E-state index is 12.1. The van der Waals surface area contributed by atoms with Crippen LogP contribution in [0.2, 0.25) is 0 Å². The molecule has 0 amide bonds. The van der Waals surface area contributed by atoms with Crippen molar-refractivity contribution in [1.82, 2.24) is 0 Å². The first-order valence-electron chi connectivity index (χ1n) is 6.75. The lowest BCUT2D eigenvalue weighted by Gasteiger charge is -2.17. The van der Waals surface area contributed by atoms with E-state index in [-0.39, 0.29) is 28.6 Å². The molecule has 1 aromatic carbocycles. The summed E-state index contributed by atoms with van der Waals surface area (Å²) in [5.74, 6) is -2.26. The number of aliphatic carboxylic acids is 1. The molecule has 23 heavy (non-hydrogen) atoms. The van der Waals surface area contributed by atoms with Crippen molar-refractivity contribution in [3.8, 4) is 17.2 Å². The zero-order valence-electron chi connectivity index (χ0n) is 12.6. The molecule has 1 aromatic heterocycles. The van der Waals surface area contributed by atoms with Gasteiger partial charge in [0.15, 0.2) is 11.5 Å². The minimum Gasteiger partial charge on any atom is -0.507 e. The third-order valence-corrected chi connectivity index (χ3v) is 3.42. The van der Waals surface area contributed by atoms with Gasteiger partial charge >= 0.3 is 11.6 Å². The van der Waals surface area contributed by atoms with Crippen molar-refractivity contribution in [1.29, 1.82) is 0 Å². The van der Waals surface area contributed by atoms with Gasteiger partial charge in [-0.05, 0) is 24.6 Å². The molecule has 0 aliphatic heterocycles. The monoisotopic (exact) mass is 320 g/mol. The van der Waals surface area contributed by atoms with E-state index in [1.165, 1.54) is 38.3 Å². The number of phenols is 1. The molecule has 0 saturated heterocycles. The van der Waals surface area contributed by atoms with E-state index < -0.39 is 23.9 Å². The fourth-order valence-corrected chi connectivity index (χ4v) is 2.41. The van der Waals surface area contributed by atoms with Crippen molar-refractivity contribution in [3.05, 3.63) is 51.6 Å². The van der Waals surface area contributed by atoms with Crippen LogP contribution in [0.3, 0.4) is 0 Å². The number of carbonyl (C=O) groups is 1. The summed E-state index contributed by atoms with van der Waals surface area (Å²) in [6.45, 7) is 1.50. The van der Waals surface area contributed by atoms with Crippen molar-refractivity contribution in [3.63, 3.8) is 0 Å². The maximum Gasteiger partial charge on any atom is 0.343 e. The van der Waals surface area contributed by atoms with Gasteiger partial charge in [-0.15, -0.1) is 0 Å². The molecule has 7 nitrogen and oxygen atoms in total. The second-order valence-corrected chi connectivity index (χ2v) is 5.03. The molecule has 2 aromatic rings. The number of phenolic OH excluding ortho intramolecular Hbond substituents is 1. The van der Waals surface area contributed by atoms with E-state index in [2.05, 4.69) is 0 Å². The minimum atomic E-state index is -1.16. The first-order valence-corrected chi connectivity index (χ1v) is 6.75. The molecule has 0 radical (unpaired) electrons. The van der Waals surface area contributed by atoms with Gasteiger partial charge in [0.25, 0.3) is 0 Å². The normalized spacial score (nSPS) is 11.9. The molecule has 1 heterocycles. The molecule has 0 saturated carbocycles. The third-order valence-electron chi connectivity index (χ3n) is 3.42. The summed E-state index contributed by atoms with van der Waals surface area (Å²) in [4.78, 5) is 23.2. The van der Waals surface area contributed by atoms with Crippen molar-refractivity contribution in [2.45, 2.75) is 19.3 Å². The van der Waals surface area contributed by atoms with E-state index in [1.807, 2.05) is 0 Å². The van der Waals surface area contributed by atoms with E-state index in [0.717, 1.165) is 0 Å². The van der Waals surface area contributed by atoms with Gasteiger partial charge in [-0.3, -0.25) is 4.79 Å². The Morgan fingerprint density at radius 1 is 1.26 bits per heavy atom. The molecule has 0 fully saturated rings. The van der Waals surface area contributed by atoms with Crippen LogP contribution in [0.4, 0.5) is 0 Å². The van der Waals surface area contributed by atoms with Crippen LogP contribution in [0, 0.1) is 6.92 Å². The quantitative estimate of drug-likeness (QED) is 0.771. The number of carboxylic acid groups (broad SMARTS) is 1. The van der Waals surface area contributed by atoms with Gasteiger partial charge in [0.05, 0.1) is 19.1 Å². The number of hydrogen-bond acceptors (Lipinski definition) is 6. The lowest BCUT2D eigenvalue weighted by molar-refractivity contribution is -0.137. The van der Waals surface area contributed by atoms with E-state index in [1.54, 1.807) is 0 Å².